The molecule has 1 aromatic heterocycles. The van der Waals surface area contributed by atoms with Crippen LogP contribution in [0.15, 0.2) is 42.5 Å². The summed E-state index contributed by atoms with van der Waals surface area (Å²) < 4.78 is 37.9. The quantitative estimate of drug-likeness (QED) is 0.666. The molecule has 0 saturated carbocycles. The number of aldehydes is 1. The van der Waals surface area contributed by atoms with Crippen LogP contribution >= 0.6 is 0 Å². The first-order valence-electron chi connectivity index (χ1n) is 6.66. The first-order chi connectivity index (χ1) is 10.4. The van der Waals surface area contributed by atoms with Gasteiger partial charge in [-0.2, -0.15) is 13.2 Å². The van der Waals surface area contributed by atoms with Crippen molar-refractivity contribution in [2.75, 3.05) is 0 Å². The molecule has 0 amide bonds. The topological polar surface area (TPSA) is 32.9 Å². The number of carbonyl (C=O) groups excluding carboxylic acids is 1. The lowest BCUT2D eigenvalue weighted by atomic mass is 10.0. The van der Waals surface area contributed by atoms with Crippen molar-refractivity contribution in [2.45, 2.75) is 13.1 Å². The Hall–Kier alpha value is -2.56. The summed E-state index contributed by atoms with van der Waals surface area (Å²) in [6.45, 7) is 1.91. The molecule has 1 heterocycles. The molecule has 0 atom stereocenters. The van der Waals surface area contributed by atoms with E-state index in [0.717, 1.165) is 34.9 Å². The summed E-state index contributed by atoms with van der Waals surface area (Å²) in [7, 11) is 0. The fourth-order valence-electron chi connectivity index (χ4n) is 2.56. The Labute approximate surface area is 124 Å². The number of aromatic amines is 1. The predicted octanol–water partition coefficient (Wildman–Crippen LogP) is 4.97. The van der Waals surface area contributed by atoms with E-state index in [4.69, 9.17) is 0 Å². The van der Waals surface area contributed by atoms with E-state index in [-0.39, 0.29) is 0 Å². The van der Waals surface area contributed by atoms with Crippen LogP contribution in [0.5, 0.6) is 0 Å². The van der Waals surface area contributed by atoms with Gasteiger partial charge in [0, 0.05) is 16.5 Å². The van der Waals surface area contributed by atoms with Gasteiger partial charge in [-0.05, 0) is 30.2 Å². The van der Waals surface area contributed by atoms with Crippen molar-refractivity contribution < 1.29 is 18.0 Å². The van der Waals surface area contributed by atoms with Crippen LogP contribution in [-0.2, 0) is 6.18 Å². The number of hydrogen-bond donors (Lipinski definition) is 1. The smallest absolute Gasteiger partial charge is 0.354 e. The Morgan fingerprint density at radius 2 is 1.73 bits per heavy atom. The summed E-state index contributed by atoms with van der Waals surface area (Å²) in [6.07, 6.45) is -3.64. The van der Waals surface area contributed by atoms with Crippen LogP contribution in [0.4, 0.5) is 13.2 Å². The summed E-state index contributed by atoms with van der Waals surface area (Å²) in [5.74, 6) is 0. The molecule has 0 radical (unpaired) electrons. The van der Waals surface area contributed by atoms with Crippen molar-refractivity contribution in [3.05, 3.63) is 59.2 Å². The number of hydrogen-bond acceptors (Lipinski definition) is 1. The zero-order valence-electron chi connectivity index (χ0n) is 11.7. The second-order valence-electron chi connectivity index (χ2n) is 5.10. The van der Waals surface area contributed by atoms with Crippen molar-refractivity contribution in [1.82, 2.24) is 4.98 Å². The molecule has 0 aliphatic rings. The fourth-order valence-corrected chi connectivity index (χ4v) is 2.56. The number of nitrogens with one attached hydrogen (secondary N) is 1. The molecule has 22 heavy (non-hydrogen) atoms. The predicted molar refractivity (Wildman–Crippen MR) is 78.9 cm³/mol. The van der Waals surface area contributed by atoms with Gasteiger partial charge in [0.1, 0.15) is 0 Å². The molecular weight excluding hydrogens is 291 g/mol. The molecule has 0 aliphatic heterocycles. The van der Waals surface area contributed by atoms with Crippen molar-refractivity contribution in [2.24, 2.45) is 0 Å². The number of rotatable bonds is 2. The first-order valence-corrected chi connectivity index (χ1v) is 6.66. The SMILES string of the molecule is Cc1cccc2c(C=O)c(-c3ccc(C(F)(F)F)cc3)[nH]c12. The number of para-hydroxylation sites is 1. The lowest BCUT2D eigenvalue weighted by Crippen LogP contribution is -2.04. The fraction of sp³-hybridized carbons (Fsp3) is 0.118. The number of benzene rings is 2. The van der Waals surface area contributed by atoms with Crippen molar-refractivity contribution >= 4 is 17.2 Å². The number of alkyl halides is 3. The minimum absolute atomic E-state index is 0.457. The van der Waals surface area contributed by atoms with Gasteiger partial charge in [-0.3, -0.25) is 4.79 Å². The maximum absolute atomic E-state index is 12.6. The van der Waals surface area contributed by atoms with Crippen LogP contribution in [0.2, 0.25) is 0 Å². The zero-order chi connectivity index (χ0) is 15.9. The second-order valence-corrected chi connectivity index (χ2v) is 5.10. The largest absolute Gasteiger partial charge is 0.416 e. The van der Waals surface area contributed by atoms with Gasteiger partial charge >= 0.3 is 6.18 Å². The maximum atomic E-state index is 12.6. The van der Waals surface area contributed by atoms with Crippen LogP contribution in [-0.4, -0.2) is 11.3 Å². The molecule has 0 fully saturated rings. The average molecular weight is 303 g/mol. The van der Waals surface area contributed by atoms with Gasteiger partial charge in [0.2, 0.25) is 0 Å². The molecule has 3 rings (SSSR count). The molecule has 112 valence electrons. The van der Waals surface area contributed by atoms with E-state index in [2.05, 4.69) is 4.98 Å². The number of aromatic nitrogens is 1. The molecule has 1 N–H and O–H groups in total. The summed E-state index contributed by atoms with van der Waals surface area (Å²) in [6, 6.07) is 10.3. The highest BCUT2D eigenvalue weighted by molar-refractivity contribution is 6.05. The maximum Gasteiger partial charge on any atom is 0.416 e. The minimum atomic E-state index is -4.37. The molecule has 0 saturated heterocycles. The molecule has 3 aromatic rings. The van der Waals surface area contributed by atoms with Crippen molar-refractivity contribution in [3.8, 4) is 11.3 Å². The van der Waals surface area contributed by atoms with E-state index in [0.29, 0.717) is 16.8 Å². The van der Waals surface area contributed by atoms with Gasteiger partial charge in [0.25, 0.3) is 0 Å². The summed E-state index contributed by atoms with van der Waals surface area (Å²) >= 11 is 0. The standard InChI is InChI=1S/C17H12F3NO/c1-10-3-2-4-13-14(9-22)16(21-15(10)13)11-5-7-12(8-6-11)17(18,19)20/h2-9,21H,1H3. The van der Waals surface area contributed by atoms with Gasteiger partial charge in [-0.1, -0.05) is 30.3 Å². The molecule has 5 heteroatoms. The van der Waals surface area contributed by atoms with E-state index in [1.807, 2.05) is 25.1 Å². The van der Waals surface area contributed by atoms with E-state index in [1.54, 1.807) is 0 Å². The average Bonchev–Trinajstić information content (AvgIpc) is 2.86. The molecule has 2 nitrogen and oxygen atoms in total. The zero-order valence-corrected chi connectivity index (χ0v) is 11.7. The third-order valence-electron chi connectivity index (χ3n) is 3.70. The molecule has 0 aliphatic carbocycles. The molecule has 2 aromatic carbocycles. The van der Waals surface area contributed by atoms with E-state index in [9.17, 15) is 18.0 Å². The minimum Gasteiger partial charge on any atom is -0.354 e. The summed E-state index contributed by atoms with van der Waals surface area (Å²) in [4.78, 5) is 14.6. The monoisotopic (exact) mass is 303 g/mol. The number of fused-ring (bicyclic) bond motifs is 1. The Morgan fingerprint density at radius 1 is 1.05 bits per heavy atom. The second kappa shape index (κ2) is 5.02. The first kappa shape index (κ1) is 14.4. The van der Waals surface area contributed by atoms with Gasteiger partial charge in [0.15, 0.2) is 6.29 Å². The Bertz CT molecular complexity index is 845. The van der Waals surface area contributed by atoms with Crippen LogP contribution < -0.4 is 0 Å². The highest BCUT2D eigenvalue weighted by atomic mass is 19.4. The lowest BCUT2D eigenvalue weighted by molar-refractivity contribution is -0.137. The number of halogens is 3. The van der Waals surface area contributed by atoms with Gasteiger partial charge in [-0.15, -0.1) is 0 Å². The van der Waals surface area contributed by atoms with E-state index >= 15 is 0 Å². The van der Waals surface area contributed by atoms with Crippen LogP contribution in [0.3, 0.4) is 0 Å². The highest BCUT2D eigenvalue weighted by Crippen LogP contribution is 2.33. The van der Waals surface area contributed by atoms with Gasteiger partial charge in [0.05, 0.1) is 11.3 Å². The number of aryl methyl sites for hydroxylation is 1. The Morgan fingerprint density at radius 3 is 2.32 bits per heavy atom. The third kappa shape index (κ3) is 2.28. The molecular formula is C17H12F3NO. The van der Waals surface area contributed by atoms with Crippen LogP contribution in [0.1, 0.15) is 21.5 Å². The molecule has 0 unspecified atom stereocenters. The Kier molecular flexibility index (Phi) is 3.28. The number of carbonyl (C=O) groups is 1. The molecule has 0 bridgehead atoms. The molecule has 0 spiro atoms. The van der Waals surface area contributed by atoms with Crippen molar-refractivity contribution in [1.29, 1.82) is 0 Å². The van der Waals surface area contributed by atoms with Gasteiger partial charge in [-0.25, -0.2) is 0 Å². The highest BCUT2D eigenvalue weighted by Gasteiger charge is 2.30. The Balaban J connectivity index is 2.18. The third-order valence-corrected chi connectivity index (χ3v) is 3.70. The normalized spacial score (nSPS) is 11.8. The van der Waals surface area contributed by atoms with Gasteiger partial charge < -0.3 is 4.98 Å². The van der Waals surface area contributed by atoms with Crippen LogP contribution in [0.25, 0.3) is 22.2 Å². The van der Waals surface area contributed by atoms with E-state index < -0.39 is 11.7 Å². The summed E-state index contributed by atoms with van der Waals surface area (Å²) in [5, 5.41) is 0.768. The lowest BCUT2D eigenvalue weighted by Gasteiger charge is -2.07. The van der Waals surface area contributed by atoms with E-state index in [1.165, 1.54) is 12.1 Å². The summed E-state index contributed by atoms with van der Waals surface area (Å²) in [5.41, 5.74) is 2.62. The van der Waals surface area contributed by atoms with Crippen molar-refractivity contribution in [3.63, 3.8) is 0 Å². The number of H-pyrrole nitrogens is 1. The van der Waals surface area contributed by atoms with Crippen LogP contribution in [0, 0.1) is 6.92 Å².